The summed E-state index contributed by atoms with van der Waals surface area (Å²) in [6, 6.07) is 3.85. The molecule has 17 heavy (non-hydrogen) atoms. The fourth-order valence-electron chi connectivity index (χ4n) is 1.63. The van der Waals surface area contributed by atoms with Crippen LogP contribution in [0.2, 0.25) is 0 Å². The molecule has 0 radical (unpaired) electrons. The first kappa shape index (κ1) is 11.9. The van der Waals surface area contributed by atoms with Crippen LogP contribution in [-0.2, 0) is 0 Å². The van der Waals surface area contributed by atoms with Crippen LogP contribution in [0, 0.1) is 0 Å². The van der Waals surface area contributed by atoms with Crippen molar-refractivity contribution in [2.24, 2.45) is 0 Å². The molecule has 1 heterocycles. The van der Waals surface area contributed by atoms with Gasteiger partial charge in [0.2, 0.25) is 0 Å². The molecule has 4 heteroatoms. The predicted molar refractivity (Wildman–Crippen MR) is 68.1 cm³/mol. The lowest BCUT2D eigenvalue weighted by Gasteiger charge is -2.15. The van der Waals surface area contributed by atoms with Crippen molar-refractivity contribution >= 4 is 11.7 Å². The second-order valence-corrected chi connectivity index (χ2v) is 5.21. The summed E-state index contributed by atoms with van der Waals surface area (Å²) in [6.07, 6.45) is 3.82. The van der Waals surface area contributed by atoms with E-state index in [1.807, 2.05) is 13.8 Å². The first-order valence-corrected chi connectivity index (χ1v) is 6.04. The third-order valence-corrected chi connectivity index (χ3v) is 2.89. The Hall–Kier alpha value is -1.58. The van der Waals surface area contributed by atoms with E-state index in [9.17, 15) is 4.79 Å². The van der Waals surface area contributed by atoms with Crippen LogP contribution in [0.1, 0.15) is 44.0 Å². The summed E-state index contributed by atoms with van der Waals surface area (Å²) in [6.45, 7) is 6.12. The van der Waals surface area contributed by atoms with Crippen LogP contribution in [0.4, 0.5) is 5.82 Å². The molecule has 2 N–H and O–H groups in total. The zero-order chi connectivity index (χ0) is 12.5. The van der Waals surface area contributed by atoms with Crippen molar-refractivity contribution in [3.63, 3.8) is 0 Å². The van der Waals surface area contributed by atoms with E-state index in [4.69, 9.17) is 0 Å². The molecule has 0 saturated heterocycles. The van der Waals surface area contributed by atoms with Gasteiger partial charge in [-0.3, -0.25) is 4.79 Å². The van der Waals surface area contributed by atoms with Crippen LogP contribution in [0.15, 0.2) is 18.3 Å². The van der Waals surface area contributed by atoms with Crippen LogP contribution in [-0.4, -0.2) is 22.5 Å². The summed E-state index contributed by atoms with van der Waals surface area (Å²) in [4.78, 5) is 16.3. The minimum atomic E-state index is -0.0405. The standard InChI is InChI=1S/C13H19N3O/c1-9(2)15-11-10(5-4-8-14-11)12(17)16-13(3)6-7-13/h4-5,8-9H,6-7H2,1-3H3,(H,14,15)(H,16,17). The summed E-state index contributed by atoms with van der Waals surface area (Å²) >= 11 is 0. The third kappa shape index (κ3) is 2.96. The number of hydrogen-bond donors (Lipinski definition) is 2. The highest BCUT2D eigenvalue weighted by atomic mass is 16.1. The predicted octanol–water partition coefficient (Wildman–Crippen LogP) is 2.18. The van der Waals surface area contributed by atoms with Crippen molar-refractivity contribution in [1.29, 1.82) is 0 Å². The number of nitrogens with one attached hydrogen (secondary N) is 2. The minimum Gasteiger partial charge on any atom is -0.367 e. The molecule has 0 spiro atoms. The monoisotopic (exact) mass is 233 g/mol. The summed E-state index contributed by atoms with van der Waals surface area (Å²) < 4.78 is 0. The van der Waals surface area contributed by atoms with Crippen molar-refractivity contribution < 1.29 is 4.79 Å². The van der Waals surface area contributed by atoms with E-state index in [2.05, 4.69) is 22.5 Å². The van der Waals surface area contributed by atoms with Crippen LogP contribution in [0.5, 0.6) is 0 Å². The van der Waals surface area contributed by atoms with Crippen molar-refractivity contribution in [1.82, 2.24) is 10.3 Å². The van der Waals surface area contributed by atoms with Crippen molar-refractivity contribution in [2.45, 2.75) is 45.2 Å². The molecule has 1 aliphatic rings. The number of amides is 1. The lowest BCUT2D eigenvalue weighted by atomic mass is 10.2. The van der Waals surface area contributed by atoms with E-state index in [1.54, 1.807) is 18.3 Å². The molecule has 1 aromatic rings. The quantitative estimate of drug-likeness (QED) is 0.838. The second kappa shape index (κ2) is 4.35. The molecule has 2 rings (SSSR count). The number of carbonyl (C=O) groups excluding carboxylic acids is 1. The van der Waals surface area contributed by atoms with Gasteiger partial charge in [0.05, 0.1) is 5.56 Å². The van der Waals surface area contributed by atoms with Crippen LogP contribution in [0.3, 0.4) is 0 Å². The topological polar surface area (TPSA) is 54.0 Å². The van der Waals surface area contributed by atoms with Gasteiger partial charge in [0.25, 0.3) is 5.91 Å². The Morgan fingerprint density at radius 3 is 2.76 bits per heavy atom. The highest BCUT2D eigenvalue weighted by Crippen LogP contribution is 2.34. The van der Waals surface area contributed by atoms with Crippen molar-refractivity contribution in [2.75, 3.05) is 5.32 Å². The van der Waals surface area contributed by atoms with E-state index in [0.29, 0.717) is 11.4 Å². The number of rotatable bonds is 4. The Balaban J connectivity index is 2.15. The molecule has 4 nitrogen and oxygen atoms in total. The smallest absolute Gasteiger partial charge is 0.255 e. The van der Waals surface area contributed by atoms with Gasteiger partial charge in [0.1, 0.15) is 5.82 Å². The number of carbonyl (C=O) groups is 1. The Kier molecular flexibility index (Phi) is 3.05. The molecule has 1 amide bonds. The number of nitrogens with zero attached hydrogens (tertiary/aromatic N) is 1. The van der Waals surface area contributed by atoms with Gasteiger partial charge in [-0.05, 0) is 45.7 Å². The maximum Gasteiger partial charge on any atom is 0.255 e. The molecule has 1 aromatic heterocycles. The van der Waals surface area contributed by atoms with Crippen molar-refractivity contribution in [3.8, 4) is 0 Å². The van der Waals surface area contributed by atoms with Gasteiger partial charge in [-0.15, -0.1) is 0 Å². The number of anilines is 1. The molecule has 0 aromatic carbocycles. The largest absolute Gasteiger partial charge is 0.367 e. The SMILES string of the molecule is CC(C)Nc1ncccc1C(=O)NC1(C)CC1. The Morgan fingerprint density at radius 2 is 2.18 bits per heavy atom. The Morgan fingerprint density at radius 1 is 1.47 bits per heavy atom. The van der Waals surface area contributed by atoms with Crippen molar-refractivity contribution in [3.05, 3.63) is 23.9 Å². The van der Waals surface area contributed by atoms with Gasteiger partial charge < -0.3 is 10.6 Å². The van der Waals surface area contributed by atoms with E-state index in [-0.39, 0.29) is 17.5 Å². The van der Waals surface area contributed by atoms with Gasteiger partial charge in [-0.1, -0.05) is 0 Å². The summed E-state index contributed by atoms with van der Waals surface area (Å²) in [7, 11) is 0. The minimum absolute atomic E-state index is 0.00201. The summed E-state index contributed by atoms with van der Waals surface area (Å²) in [5, 5.41) is 6.23. The molecular formula is C13H19N3O. The molecule has 92 valence electrons. The maximum atomic E-state index is 12.1. The van der Waals surface area contributed by atoms with Crippen LogP contribution in [0.25, 0.3) is 0 Å². The first-order valence-electron chi connectivity index (χ1n) is 6.04. The van der Waals surface area contributed by atoms with Crippen LogP contribution >= 0.6 is 0 Å². The summed E-state index contributed by atoms with van der Waals surface area (Å²) in [5.41, 5.74) is 0.622. The zero-order valence-corrected chi connectivity index (χ0v) is 10.6. The van der Waals surface area contributed by atoms with E-state index in [0.717, 1.165) is 12.8 Å². The molecule has 0 unspecified atom stereocenters. The molecule has 1 saturated carbocycles. The van der Waals surface area contributed by atoms with E-state index in [1.165, 1.54) is 0 Å². The third-order valence-electron chi connectivity index (χ3n) is 2.89. The lowest BCUT2D eigenvalue weighted by molar-refractivity contribution is 0.0936. The molecule has 0 aliphatic heterocycles. The average Bonchev–Trinajstić information content (AvgIpc) is 2.95. The second-order valence-electron chi connectivity index (χ2n) is 5.21. The number of aromatic nitrogens is 1. The Labute approximate surface area is 102 Å². The Bertz CT molecular complexity index is 424. The van der Waals surface area contributed by atoms with Gasteiger partial charge in [0.15, 0.2) is 0 Å². The molecular weight excluding hydrogens is 214 g/mol. The van der Waals surface area contributed by atoms with Gasteiger partial charge in [-0.2, -0.15) is 0 Å². The average molecular weight is 233 g/mol. The van der Waals surface area contributed by atoms with E-state index < -0.39 is 0 Å². The molecule has 0 bridgehead atoms. The summed E-state index contributed by atoms with van der Waals surface area (Å²) in [5.74, 6) is 0.616. The molecule has 1 fully saturated rings. The highest BCUT2D eigenvalue weighted by molar-refractivity contribution is 5.99. The number of hydrogen-bond acceptors (Lipinski definition) is 3. The van der Waals surface area contributed by atoms with E-state index >= 15 is 0 Å². The normalized spacial score (nSPS) is 16.7. The lowest BCUT2D eigenvalue weighted by Crippen LogP contribution is -2.35. The van der Waals surface area contributed by atoms with Gasteiger partial charge in [-0.25, -0.2) is 4.98 Å². The van der Waals surface area contributed by atoms with Gasteiger partial charge >= 0.3 is 0 Å². The highest BCUT2D eigenvalue weighted by Gasteiger charge is 2.39. The fraction of sp³-hybridized carbons (Fsp3) is 0.538. The molecule has 1 aliphatic carbocycles. The number of pyridine rings is 1. The zero-order valence-electron chi connectivity index (χ0n) is 10.6. The fourth-order valence-corrected chi connectivity index (χ4v) is 1.63. The van der Waals surface area contributed by atoms with Crippen LogP contribution < -0.4 is 10.6 Å². The molecule has 0 atom stereocenters. The maximum absolute atomic E-state index is 12.1. The van der Waals surface area contributed by atoms with Gasteiger partial charge in [0, 0.05) is 17.8 Å². The first-order chi connectivity index (χ1) is 8.00.